The predicted octanol–water partition coefficient (Wildman–Crippen LogP) is 6.02. The Morgan fingerprint density at radius 3 is 2.35 bits per heavy atom. The Labute approximate surface area is 184 Å². The zero-order valence-electron chi connectivity index (χ0n) is 18.3. The Balaban J connectivity index is 1.55. The highest BCUT2D eigenvalue weighted by molar-refractivity contribution is 6.01. The van der Waals surface area contributed by atoms with Crippen LogP contribution in [0.15, 0.2) is 72.9 Å². The third-order valence-corrected chi connectivity index (χ3v) is 6.32. The summed E-state index contributed by atoms with van der Waals surface area (Å²) in [6.07, 6.45) is 1.92. The van der Waals surface area contributed by atoms with Crippen molar-refractivity contribution in [3.05, 3.63) is 89.6 Å². The number of nitrogens with zero attached hydrogens (tertiary/aromatic N) is 2. The topological polar surface area (TPSA) is 25.4 Å². The fourth-order valence-electron chi connectivity index (χ4n) is 4.78. The molecule has 1 fully saturated rings. The number of rotatable bonds is 4. The molecular weight excluding hydrogens is 380 g/mol. The average molecular weight is 409 g/mol. The molecule has 0 unspecified atom stereocenters. The summed E-state index contributed by atoms with van der Waals surface area (Å²) in [7, 11) is 0. The van der Waals surface area contributed by atoms with Crippen LogP contribution in [-0.2, 0) is 11.3 Å². The molecular formula is C28H28N2O. The summed E-state index contributed by atoms with van der Waals surface area (Å²) in [5, 5.41) is 1.24. The Kier molecular flexibility index (Phi) is 5.54. The van der Waals surface area contributed by atoms with E-state index in [0.29, 0.717) is 0 Å². The minimum Gasteiger partial charge on any atom is -0.379 e. The maximum absolute atomic E-state index is 5.47. The predicted molar refractivity (Wildman–Crippen MR) is 128 cm³/mol. The number of fused-ring (bicyclic) bond motifs is 1. The minimum atomic E-state index is 0.839. The third kappa shape index (κ3) is 3.99. The zero-order chi connectivity index (χ0) is 21.2. The maximum atomic E-state index is 5.47. The third-order valence-electron chi connectivity index (χ3n) is 6.32. The maximum Gasteiger partial charge on any atom is 0.0713 e. The van der Waals surface area contributed by atoms with Gasteiger partial charge in [-0.3, -0.25) is 9.88 Å². The molecule has 1 aromatic heterocycles. The molecule has 0 radical (unpaired) electrons. The van der Waals surface area contributed by atoms with Crippen LogP contribution in [0, 0.1) is 13.8 Å². The largest absolute Gasteiger partial charge is 0.379 e. The lowest BCUT2D eigenvalue weighted by Crippen LogP contribution is -2.35. The van der Waals surface area contributed by atoms with Crippen molar-refractivity contribution in [2.24, 2.45) is 0 Å². The standard InChI is InChI=1S/C28H28N2O/c1-20-18-26-28(25(12-13-29-26)23-6-4-3-5-7-23)21(2)27(20)24-10-8-22(9-11-24)19-30-14-16-31-17-15-30/h3-13,18H,14-17,19H2,1-2H3. The van der Waals surface area contributed by atoms with Crippen molar-refractivity contribution in [3.63, 3.8) is 0 Å². The lowest BCUT2D eigenvalue weighted by atomic mass is 9.89. The summed E-state index contributed by atoms with van der Waals surface area (Å²) < 4.78 is 5.47. The smallest absolute Gasteiger partial charge is 0.0713 e. The van der Waals surface area contributed by atoms with Crippen LogP contribution in [0.25, 0.3) is 33.2 Å². The number of ether oxygens (including phenoxy) is 1. The monoisotopic (exact) mass is 408 g/mol. The van der Waals surface area contributed by atoms with Crippen molar-refractivity contribution in [2.75, 3.05) is 26.3 Å². The van der Waals surface area contributed by atoms with Gasteiger partial charge in [0, 0.05) is 31.2 Å². The van der Waals surface area contributed by atoms with Crippen LogP contribution in [0.5, 0.6) is 0 Å². The second kappa shape index (κ2) is 8.62. The van der Waals surface area contributed by atoms with Crippen molar-refractivity contribution >= 4 is 10.9 Å². The van der Waals surface area contributed by atoms with E-state index in [2.05, 4.69) is 90.5 Å². The van der Waals surface area contributed by atoms with Crippen molar-refractivity contribution < 1.29 is 4.74 Å². The molecule has 0 saturated carbocycles. The number of hydrogen-bond acceptors (Lipinski definition) is 3. The van der Waals surface area contributed by atoms with Crippen LogP contribution >= 0.6 is 0 Å². The summed E-state index contributed by atoms with van der Waals surface area (Å²) in [5.41, 5.74) is 10.0. The van der Waals surface area contributed by atoms with Gasteiger partial charge in [0.15, 0.2) is 0 Å². The molecule has 3 heteroatoms. The Morgan fingerprint density at radius 2 is 1.61 bits per heavy atom. The van der Waals surface area contributed by atoms with Gasteiger partial charge in [0.1, 0.15) is 0 Å². The molecule has 3 aromatic carbocycles. The summed E-state index contributed by atoms with van der Waals surface area (Å²) in [6, 6.07) is 24.1. The molecule has 1 aliphatic rings. The number of aromatic nitrogens is 1. The Hall–Kier alpha value is -3.01. The second-order valence-corrected chi connectivity index (χ2v) is 8.40. The van der Waals surface area contributed by atoms with Crippen LogP contribution in [0.2, 0.25) is 0 Å². The average Bonchev–Trinajstić information content (AvgIpc) is 2.81. The fraction of sp³-hybridized carbons (Fsp3) is 0.250. The summed E-state index contributed by atoms with van der Waals surface area (Å²) in [5.74, 6) is 0. The first-order chi connectivity index (χ1) is 15.2. The summed E-state index contributed by atoms with van der Waals surface area (Å²) in [6.45, 7) is 9.12. The highest BCUT2D eigenvalue weighted by atomic mass is 16.5. The van der Waals surface area contributed by atoms with Crippen molar-refractivity contribution in [1.29, 1.82) is 0 Å². The van der Waals surface area contributed by atoms with Crippen LogP contribution in [0.4, 0.5) is 0 Å². The van der Waals surface area contributed by atoms with Gasteiger partial charge in [0.25, 0.3) is 0 Å². The van der Waals surface area contributed by atoms with Gasteiger partial charge < -0.3 is 4.74 Å². The van der Waals surface area contributed by atoms with E-state index in [1.54, 1.807) is 0 Å². The van der Waals surface area contributed by atoms with Gasteiger partial charge >= 0.3 is 0 Å². The Bertz CT molecular complexity index is 1190. The molecule has 5 rings (SSSR count). The number of benzene rings is 3. The normalized spacial score (nSPS) is 14.8. The molecule has 1 aliphatic heterocycles. The van der Waals surface area contributed by atoms with Gasteiger partial charge in [-0.05, 0) is 64.9 Å². The quantitative estimate of drug-likeness (QED) is 0.413. The highest BCUT2D eigenvalue weighted by Crippen LogP contribution is 2.37. The van der Waals surface area contributed by atoms with Gasteiger partial charge in [0.2, 0.25) is 0 Å². The summed E-state index contributed by atoms with van der Waals surface area (Å²) in [4.78, 5) is 7.15. The second-order valence-electron chi connectivity index (χ2n) is 8.40. The molecule has 156 valence electrons. The van der Waals surface area contributed by atoms with E-state index in [1.807, 2.05) is 6.20 Å². The Morgan fingerprint density at radius 1 is 0.871 bits per heavy atom. The number of morpholine rings is 1. The fourth-order valence-corrected chi connectivity index (χ4v) is 4.78. The van der Waals surface area contributed by atoms with Gasteiger partial charge in [0.05, 0.1) is 18.7 Å². The van der Waals surface area contributed by atoms with Crippen molar-refractivity contribution in [3.8, 4) is 22.3 Å². The number of pyridine rings is 1. The minimum absolute atomic E-state index is 0.839. The molecule has 0 amide bonds. The van der Waals surface area contributed by atoms with E-state index in [9.17, 15) is 0 Å². The molecule has 3 nitrogen and oxygen atoms in total. The molecule has 0 atom stereocenters. The number of hydrogen-bond donors (Lipinski definition) is 0. The molecule has 0 aliphatic carbocycles. The number of aryl methyl sites for hydroxylation is 2. The lowest BCUT2D eigenvalue weighted by Gasteiger charge is -2.26. The van der Waals surface area contributed by atoms with E-state index in [4.69, 9.17) is 4.74 Å². The zero-order valence-corrected chi connectivity index (χ0v) is 18.3. The molecule has 0 spiro atoms. The molecule has 1 saturated heterocycles. The van der Waals surface area contributed by atoms with E-state index in [1.165, 1.54) is 44.3 Å². The van der Waals surface area contributed by atoms with Gasteiger partial charge in [-0.1, -0.05) is 54.6 Å². The van der Waals surface area contributed by atoms with Crippen LogP contribution in [0.1, 0.15) is 16.7 Å². The van der Waals surface area contributed by atoms with Crippen LogP contribution in [-0.4, -0.2) is 36.2 Å². The van der Waals surface area contributed by atoms with Crippen LogP contribution in [0.3, 0.4) is 0 Å². The molecule has 4 aromatic rings. The van der Waals surface area contributed by atoms with E-state index < -0.39 is 0 Å². The SMILES string of the molecule is Cc1cc2nccc(-c3ccccc3)c2c(C)c1-c1ccc(CN2CCOCC2)cc1. The van der Waals surface area contributed by atoms with Gasteiger partial charge in [-0.25, -0.2) is 0 Å². The summed E-state index contributed by atoms with van der Waals surface area (Å²) >= 11 is 0. The molecule has 0 N–H and O–H groups in total. The molecule has 0 bridgehead atoms. The van der Waals surface area contributed by atoms with Gasteiger partial charge in [-0.2, -0.15) is 0 Å². The lowest BCUT2D eigenvalue weighted by molar-refractivity contribution is 0.0342. The van der Waals surface area contributed by atoms with Gasteiger partial charge in [-0.15, -0.1) is 0 Å². The van der Waals surface area contributed by atoms with E-state index in [-0.39, 0.29) is 0 Å². The first-order valence-corrected chi connectivity index (χ1v) is 11.0. The molecule has 2 heterocycles. The van der Waals surface area contributed by atoms with E-state index in [0.717, 1.165) is 38.4 Å². The first kappa shape index (κ1) is 19.9. The molecule has 31 heavy (non-hydrogen) atoms. The van der Waals surface area contributed by atoms with Crippen molar-refractivity contribution in [2.45, 2.75) is 20.4 Å². The van der Waals surface area contributed by atoms with Crippen molar-refractivity contribution in [1.82, 2.24) is 9.88 Å². The first-order valence-electron chi connectivity index (χ1n) is 11.0. The highest BCUT2D eigenvalue weighted by Gasteiger charge is 2.15. The van der Waals surface area contributed by atoms with Crippen LogP contribution < -0.4 is 0 Å². The van der Waals surface area contributed by atoms with E-state index >= 15 is 0 Å².